The SMILES string of the molecule is CCCO[C@@H](CC)[C@@H](Cc1ccccc1)[C@H](C)OC(=O)[C@@H](C)NC(=O)c1nccc(OC)c1O. The third-order valence-electron chi connectivity index (χ3n) is 5.66. The number of hydrogen-bond acceptors (Lipinski definition) is 7. The Kier molecular flexibility index (Phi) is 10.8. The van der Waals surface area contributed by atoms with E-state index in [1.165, 1.54) is 26.3 Å². The van der Waals surface area contributed by atoms with Crippen molar-refractivity contribution in [2.45, 2.75) is 65.2 Å². The summed E-state index contributed by atoms with van der Waals surface area (Å²) in [6, 6.07) is 10.5. The Morgan fingerprint density at radius 3 is 2.44 bits per heavy atom. The van der Waals surface area contributed by atoms with Gasteiger partial charge in [0.25, 0.3) is 5.91 Å². The lowest BCUT2D eigenvalue weighted by Gasteiger charge is -2.32. The number of methoxy groups -OCH3 is 1. The highest BCUT2D eigenvalue weighted by Gasteiger charge is 2.31. The molecule has 186 valence electrons. The topological polar surface area (TPSA) is 107 Å². The number of ether oxygens (including phenoxy) is 3. The molecule has 1 aromatic carbocycles. The van der Waals surface area contributed by atoms with Gasteiger partial charge in [-0.1, -0.05) is 44.2 Å². The highest BCUT2D eigenvalue weighted by molar-refractivity contribution is 5.97. The number of carbonyl (C=O) groups is 2. The Hall–Kier alpha value is -3.13. The number of aromatic hydroxyl groups is 1. The van der Waals surface area contributed by atoms with Crippen LogP contribution in [0, 0.1) is 5.92 Å². The molecule has 0 saturated carbocycles. The molecule has 2 N–H and O–H groups in total. The van der Waals surface area contributed by atoms with Gasteiger partial charge in [0.05, 0.1) is 13.2 Å². The molecule has 1 amide bonds. The number of nitrogens with zero attached hydrogens (tertiary/aromatic N) is 1. The van der Waals surface area contributed by atoms with Gasteiger partial charge in [0, 0.05) is 24.8 Å². The van der Waals surface area contributed by atoms with Crippen LogP contribution in [-0.4, -0.2) is 53.9 Å². The van der Waals surface area contributed by atoms with E-state index < -0.39 is 29.8 Å². The predicted molar refractivity (Wildman–Crippen MR) is 129 cm³/mol. The number of esters is 1. The first kappa shape index (κ1) is 27.1. The molecular formula is C26H36N2O6. The molecule has 0 spiro atoms. The van der Waals surface area contributed by atoms with Crippen molar-refractivity contribution >= 4 is 11.9 Å². The van der Waals surface area contributed by atoms with E-state index in [2.05, 4.69) is 24.1 Å². The molecule has 0 saturated heterocycles. The second-order valence-electron chi connectivity index (χ2n) is 8.22. The number of carbonyl (C=O) groups excluding carboxylic acids is 2. The van der Waals surface area contributed by atoms with Crippen LogP contribution < -0.4 is 10.1 Å². The van der Waals surface area contributed by atoms with Gasteiger partial charge in [-0.2, -0.15) is 0 Å². The number of rotatable bonds is 13. The van der Waals surface area contributed by atoms with Crippen molar-refractivity contribution < 1.29 is 28.9 Å². The fourth-order valence-corrected chi connectivity index (χ4v) is 3.76. The van der Waals surface area contributed by atoms with Crippen molar-refractivity contribution in [1.29, 1.82) is 0 Å². The molecule has 2 aromatic rings. The maximum Gasteiger partial charge on any atom is 0.328 e. The van der Waals surface area contributed by atoms with Crippen LogP contribution in [0.5, 0.6) is 11.5 Å². The number of hydrogen-bond donors (Lipinski definition) is 2. The van der Waals surface area contributed by atoms with Gasteiger partial charge in [-0.3, -0.25) is 4.79 Å². The van der Waals surface area contributed by atoms with E-state index in [9.17, 15) is 14.7 Å². The van der Waals surface area contributed by atoms with Crippen LogP contribution in [-0.2, 0) is 20.7 Å². The standard InChI is InChI=1S/C26H36N2O6/c1-6-15-33-21(7-2)20(16-19-11-9-8-10-12-19)18(4)34-26(31)17(3)28-25(30)23-24(29)22(32-5)13-14-27-23/h8-14,17-18,20-21,29H,6-7,15-16H2,1-5H3,(H,28,30)/t17-,18+,20+,21+/m1/s1. The van der Waals surface area contributed by atoms with Crippen LogP contribution in [0.15, 0.2) is 42.6 Å². The molecule has 0 aliphatic rings. The summed E-state index contributed by atoms with van der Waals surface area (Å²) < 4.78 is 16.9. The van der Waals surface area contributed by atoms with Crippen LogP contribution in [0.1, 0.15) is 56.6 Å². The van der Waals surface area contributed by atoms with Gasteiger partial charge in [-0.15, -0.1) is 0 Å². The van der Waals surface area contributed by atoms with Gasteiger partial charge in [0.2, 0.25) is 0 Å². The summed E-state index contributed by atoms with van der Waals surface area (Å²) in [4.78, 5) is 29.3. The fourth-order valence-electron chi connectivity index (χ4n) is 3.76. The monoisotopic (exact) mass is 472 g/mol. The van der Waals surface area contributed by atoms with Crippen molar-refractivity contribution in [2.75, 3.05) is 13.7 Å². The average Bonchev–Trinajstić information content (AvgIpc) is 2.84. The first-order valence-electron chi connectivity index (χ1n) is 11.7. The van der Waals surface area contributed by atoms with Crippen LogP contribution in [0.3, 0.4) is 0 Å². The molecule has 2 rings (SSSR count). The van der Waals surface area contributed by atoms with E-state index in [0.717, 1.165) is 18.4 Å². The quantitative estimate of drug-likeness (QED) is 0.426. The van der Waals surface area contributed by atoms with Gasteiger partial charge < -0.3 is 24.6 Å². The Morgan fingerprint density at radius 2 is 1.82 bits per heavy atom. The lowest BCUT2D eigenvalue weighted by molar-refractivity contribution is -0.156. The van der Waals surface area contributed by atoms with E-state index in [0.29, 0.717) is 13.0 Å². The molecule has 0 aliphatic heterocycles. The van der Waals surface area contributed by atoms with Crippen molar-refractivity contribution in [2.24, 2.45) is 5.92 Å². The summed E-state index contributed by atoms with van der Waals surface area (Å²) in [7, 11) is 1.37. The average molecular weight is 473 g/mol. The Morgan fingerprint density at radius 1 is 1.12 bits per heavy atom. The van der Waals surface area contributed by atoms with Crippen molar-refractivity contribution in [3.05, 3.63) is 53.9 Å². The first-order chi connectivity index (χ1) is 16.3. The highest BCUT2D eigenvalue weighted by Crippen LogP contribution is 2.28. The summed E-state index contributed by atoms with van der Waals surface area (Å²) in [5.74, 6) is -1.61. The largest absolute Gasteiger partial charge is 0.503 e. The summed E-state index contributed by atoms with van der Waals surface area (Å²) in [6.45, 7) is 8.13. The second-order valence-corrected chi connectivity index (χ2v) is 8.22. The Balaban J connectivity index is 2.09. The number of benzene rings is 1. The van der Waals surface area contributed by atoms with E-state index >= 15 is 0 Å². The molecular weight excluding hydrogens is 436 g/mol. The van der Waals surface area contributed by atoms with Gasteiger partial charge >= 0.3 is 5.97 Å². The van der Waals surface area contributed by atoms with E-state index in [-0.39, 0.29) is 23.5 Å². The van der Waals surface area contributed by atoms with Crippen LogP contribution in [0.2, 0.25) is 0 Å². The molecule has 0 fully saturated rings. The van der Waals surface area contributed by atoms with Gasteiger partial charge in [0.1, 0.15) is 12.1 Å². The zero-order chi connectivity index (χ0) is 25.1. The van der Waals surface area contributed by atoms with Crippen LogP contribution in [0.25, 0.3) is 0 Å². The maximum absolute atomic E-state index is 12.8. The lowest BCUT2D eigenvalue weighted by Crippen LogP contribution is -2.43. The van der Waals surface area contributed by atoms with Crippen molar-refractivity contribution in [3.8, 4) is 11.5 Å². The molecule has 1 aromatic heterocycles. The molecule has 0 aliphatic carbocycles. The molecule has 4 atom stereocenters. The fraction of sp³-hybridized carbons (Fsp3) is 0.500. The molecule has 8 nitrogen and oxygen atoms in total. The van der Waals surface area contributed by atoms with Gasteiger partial charge in [-0.05, 0) is 38.7 Å². The zero-order valence-corrected chi connectivity index (χ0v) is 20.6. The van der Waals surface area contributed by atoms with Gasteiger partial charge in [0.15, 0.2) is 17.2 Å². The Bertz CT molecular complexity index is 921. The zero-order valence-electron chi connectivity index (χ0n) is 20.6. The number of nitrogens with one attached hydrogen (secondary N) is 1. The van der Waals surface area contributed by atoms with E-state index in [1.807, 2.05) is 37.3 Å². The Labute approximate surface area is 201 Å². The molecule has 0 unspecified atom stereocenters. The summed E-state index contributed by atoms with van der Waals surface area (Å²) in [5, 5.41) is 12.7. The third-order valence-corrected chi connectivity index (χ3v) is 5.66. The minimum atomic E-state index is -0.948. The second kappa shape index (κ2) is 13.5. The molecule has 34 heavy (non-hydrogen) atoms. The summed E-state index contributed by atoms with van der Waals surface area (Å²) in [6.07, 6.45) is 3.19. The molecule has 0 radical (unpaired) electrons. The first-order valence-corrected chi connectivity index (χ1v) is 11.7. The van der Waals surface area contributed by atoms with Crippen molar-refractivity contribution in [1.82, 2.24) is 10.3 Å². The minimum absolute atomic E-state index is 0.0603. The maximum atomic E-state index is 12.8. The smallest absolute Gasteiger partial charge is 0.328 e. The van der Waals surface area contributed by atoms with E-state index in [4.69, 9.17) is 14.2 Å². The number of amides is 1. The minimum Gasteiger partial charge on any atom is -0.503 e. The molecule has 0 bridgehead atoms. The van der Waals surface area contributed by atoms with Crippen LogP contribution >= 0.6 is 0 Å². The van der Waals surface area contributed by atoms with Crippen molar-refractivity contribution in [3.63, 3.8) is 0 Å². The normalized spacial score (nSPS) is 14.5. The number of aromatic nitrogens is 1. The predicted octanol–water partition coefficient (Wildman–Crippen LogP) is 3.91. The lowest BCUT2D eigenvalue weighted by atomic mass is 9.88. The third kappa shape index (κ3) is 7.45. The molecule has 1 heterocycles. The van der Waals surface area contributed by atoms with Crippen LogP contribution in [0.4, 0.5) is 0 Å². The number of pyridine rings is 1. The van der Waals surface area contributed by atoms with Gasteiger partial charge in [-0.25, -0.2) is 9.78 Å². The summed E-state index contributed by atoms with van der Waals surface area (Å²) in [5.41, 5.74) is 0.905. The summed E-state index contributed by atoms with van der Waals surface area (Å²) >= 11 is 0. The highest BCUT2D eigenvalue weighted by atomic mass is 16.5. The molecule has 8 heteroatoms. The van der Waals surface area contributed by atoms with E-state index in [1.54, 1.807) is 0 Å².